The van der Waals surface area contributed by atoms with Crippen LogP contribution in [0.15, 0.2) is 24.3 Å². The molecule has 2 nitrogen and oxygen atoms in total. The summed E-state index contributed by atoms with van der Waals surface area (Å²) in [5.41, 5.74) is 2.88. The lowest BCUT2D eigenvalue weighted by Crippen LogP contribution is -2.33. The van der Waals surface area contributed by atoms with Crippen molar-refractivity contribution in [1.29, 1.82) is 5.26 Å². The Morgan fingerprint density at radius 2 is 1.78 bits per heavy atom. The van der Waals surface area contributed by atoms with Crippen LogP contribution in [0.3, 0.4) is 0 Å². The zero-order valence-electron chi connectivity index (χ0n) is 12.0. The molecular weight excluding hydrogens is 220 g/mol. The highest BCUT2D eigenvalue weighted by atomic mass is 15.1. The summed E-state index contributed by atoms with van der Waals surface area (Å²) in [6, 6.07) is 10.9. The fourth-order valence-electron chi connectivity index (χ4n) is 2.04. The molecule has 0 N–H and O–H groups in total. The summed E-state index contributed by atoms with van der Waals surface area (Å²) >= 11 is 0. The van der Waals surface area contributed by atoms with E-state index in [2.05, 4.69) is 62.9 Å². The third-order valence-electron chi connectivity index (χ3n) is 2.76. The van der Waals surface area contributed by atoms with Crippen molar-refractivity contribution in [3.63, 3.8) is 0 Å². The minimum atomic E-state index is 0.264. The molecule has 0 atom stereocenters. The van der Waals surface area contributed by atoms with Crippen molar-refractivity contribution in [2.24, 2.45) is 5.41 Å². The van der Waals surface area contributed by atoms with Crippen molar-refractivity contribution in [2.45, 2.75) is 40.7 Å². The van der Waals surface area contributed by atoms with Gasteiger partial charge in [0, 0.05) is 26.1 Å². The normalized spacial score (nSPS) is 11.6. The third-order valence-corrected chi connectivity index (χ3v) is 2.76. The number of aryl methyl sites for hydroxylation is 1. The van der Waals surface area contributed by atoms with Gasteiger partial charge in [0.1, 0.15) is 0 Å². The van der Waals surface area contributed by atoms with Crippen molar-refractivity contribution < 1.29 is 0 Å². The van der Waals surface area contributed by atoms with E-state index in [1.165, 1.54) is 11.1 Å². The highest BCUT2D eigenvalue weighted by molar-refractivity contribution is 5.21. The van der Waals surface area contributed by atoms with Crippen LogP contribution in [0.2, 0.25) is 0 Å². The molecule has 2 heteroatoms. The quantitative estimate of drug-likeness (QED) is 0.788. The van der Waals surface area contributed by atoms with Crippen LogP contribution in [0.25, 0.3) is 0 Å². The van der Waals surface area contributed by atoms with Crippen LogP contribution in [-0.2, 0) is 6.54 Å². The van der Waals surface area contributed by atoms with E-state index < -0.39 is 0 Å². The van der Waals surface area contributed by atoms with Gasteiger partial charge in [0.05, 0.1) is 6.07 Å². The van der Waals surface area contributed by atoms with E-state index in [4.69, 9.17) is 5.26 Å². The van der Waals surface area contributed by atoms with Crippen molar-refractivity contribution in [2.75, 3.05) is 13.1 Å². The summed E-state index contributed by atoms with van der Waals surface area (Å²) in [4.78, 5) is 2.37. The molecule has 0 aliphatic carbocycles. The van der Waals surface area contributed by atoms with Crippen LogP contribution in [0.5, 0.6) is 0 Å². The van der Waals surface area contributed by atoms with Crippen LogP contribution >= 0.6 is 0 Å². The van der Waals surface area contributed by atoms with Crippen LogP contribution in [0.1, 0.15) is 38.3 Å². The summed E-state index contributed by atoms with van der Waals surface area (Å²) in [7, 11) is 0. The van der Waals surface area contributed by atoms with E-state index in [1.807, 2.05) is 0 Å². The van der Waals surface area contributed by atoms with Gasteiger partial charge in [-0.3, -0.25) is 4.90 Å². The molecule has 1 aromatic rings. The Hall–Kier alpha value is -1.33. The Morgan fingerprint density at radius 3 is 2.28 bits per heavy atom. The molecule has 0 saturated carbocycles. The lowest BCUT2D eigenvalue weighted by atomic mass is 9.95. The fourth-order valence-corrected chi connectivity index (χ4v) is 2.04. The summed E-state index contributed by atoms with van der Waals surface area (Å²) in [5, 5.41) is 8.74. The Labute approximate surface area is 111 Å². The maximum absolute atomic E-state index is 8.74. The van der Waals surface area contributed by atoms with E-state index in [9.17, 15) is 0 Å². The van der Waals surface area contributed by atoms with Crippen LogP contribution in [0.4, 0.5) is 0 Å². The van der Waals surface area contributed by atoms with E-state index in [-0.39, 0.29) is 5.41 Å². The lowest BCUT2D eigenvalue weighted by Gasteiger charge is -2.29. The highest BCUT2D eigenvalue weighted by Gasteiger charge is 2.16. The number of hydrogen-bond donors (Lipinski definition) is 0. The fraction of sp³-hybridized carbons (Fsp3) is 0.562. The molecule has 0 aliphatic heterocycles. The SMILES string of the molecule is Cc1ccc(CN(CCC#N)CC(C)(C)C)cc1. The largest absolute Gasteiger partial charge is 0.298 e. The molecule has 0 bridgehead atoms. The number of rotatable bonds is 5. The third kappa shape index (κ3) is 5.84. The first-order valence-electron chi connectivity index (χ1n) is 6.55. The molecule has 0 radical (unpaired) electrons. The number of nitrogens with zero attached hydrogens (tertiary/aromatic N) is 2. The summed E-state index contributed by atoms with van der Waals surface area (Å²) < 4.78 is 0. The van der Waals surface area contributed by atoms with E-state index in [0.717, 1.165) is 19.6 Å². The van der Waals surface area contributed by atoms with E-state index in [1.54, 1.807) is 0 Å². The second-order valence-corrected chi connectivity index (χ2v) is 6.17. The molecule has 1 rings (SSSR count). The second kappa shape index (κ2) is 6.56. The van der Waals surface area contributed by atoms with Gasteiger partial charge in [-0.1, -0.05) is 50.6 Å². The number of nitriles is 1. The second-order valence-electron chi connectivity index (χ2n) is 6.17. The van der Waals surface area contributed by atoms with Gasteiger partial charge in [-0.15, -0.1) is 0 Å². The smallest absolute Gasteiger partial charge is 0.0635 e. The molecule has 1 aromatic carbocycles. The molecule has 0 aromatic heterocycles. The molecule has 0 amide bonds. The Kier molecular flexibility index (Phi) is 5.37. The van der Waals surface area contributed by atoms with Gasteiger partial charge >= 0.3 is 0 Å². The highest BCUT2D eigenvalue weighted by Crippen LogP contribution is 2.17. The Morgan fingerprint density at radius 1 is 1.17 bits per heavy atom. The van der Waals surface area contributed by atoms with Crippen molar-refractivity contribution in [3.05, 3.63) is 35.4 Å². The summed E-state index contributed by atoms with van der Waals surface area (Å²) in [6.07, 6.45) is 0.599. The molecule has 0 spiro atoms. The van der Waals surface area contributed by atoms with Crippen LogP contribution in [0, 0.1) is 23.7 Å². The van der Waals surface area contributed by atoms with Gasteiger partial charge in [0.15, 0.2) is 0 Å². The molecule has 98 valence electrons. The first kappa shape index (κ1) is 14.7. The first-order chi connectivity index (χ1) is 8.40. The van der Waals surface area contributed by atoms with Gasteiger partial charge in [-0.25, -0.2) is 0 Å². The standard InChI is InChI=1S/C16H24N2/c1-14-6-8-15(9-7-14)12-18(11-5-10-17)13-16(2,3)4/h6-9H,5,11-13H2,1-4H3. The molecule has 0 aliphatic rings. The maximum Gasteiger partial charge on any atom is 0.0635 e. The zero-order valence-corrected chi connectivity index (χ0v) is 12.0. The predicted octanol–water partition coefficient (Wildman–Crippen LogP) is 3.76. The summed E-state index contributed by atoms with van der Waals surface area (Å²) in [6.45, 7) is 11.6. The van der Waals surface area contributed by atoms with Crippen molar-refractivity contribution >= 4 is 0 Å². The Balaban J connectivity index is 2.65. The molecule has 0 fully saturated rings. The topological polar surface area (TPSA) is 27.0 Å². The van der Waals surface area contributed by atoms with Crippen LogP contribution in [-0.4, -0.2) is 18.0 Å². The average molecular weight is 244 g/mol. The van der Waals surface area contributed by atoms with Crippen molar-refractivity contribution in [1.82, 2.24) is 4.90 Å². The number of benzene rings is 1. The van der Waals surface area contributed by atoms with Gasteiger partial charge in [-0.05, 0) is 17.9 Å². The molecule has 0 unspecified atom stereocenters. The van der Waals surface area contributed by atoms with E-state index >= 15 is 0 Å². The van der Waals surface area contributed by atoms with Gasteiger partial charge < -0.3 is 0 Å². The number of hydrogen-bond acceptors (Lipinski definition) is 2. The van der Waals surface area contributed by atoms with Gasteiger partial charge in [0.2, 0.25) is 0 Å². The van der Waals surface area contributed by atoms with Crippen molar-refractivity contribution in [3.8, 4) is 6.07 Å². The first-order valence-corrected chi connectivity index (χ1v) is 6.55. The van der Waals surface area contributed by atoms with E-state index in [0.29, 0.717) is 6.42 Å². The monoisotopic (exact) mass is 244 g/mol. The summed E-state index contributed by atoms with van der Waals surface area (Å²) in [5.74, 6) is 0. The minimum absolute atomic E-state index is 0.264. The van der Waals surface area contributed by atoms with Gasteiger partial charge in [-0.2, -0.15) is 5.26 Å². The average Bonchev–Trinajstić information content (AvgIpc) is 2.27. The Bertz CT molecular complexity index is 393. The molecular formula is C16H24N2. The van der Waals surface area contributed by atoms with Gasteiger partial charge in [0.25, 0.3) is 0 Å². The lowest BCUT2D eigenvalue weighted by molar-refractivity contribution is 0.187. The molecule has 18 heavy (non-hydrogen) atoms. The maximum atomic E-state index is 8.74. The van der Waals surface area contributed by atoms with Crippen LogP contribution < -0.4 is 0 Å². The molecule has 0 heterocycles. The zero-order chi connectivity index (χ0) is 13.6. The molecule has 0 saturated heterocycles. The predicted molar refractivity (Wildman–Crippen MR) is 76.1 cm³/mol. The minimum Gasteiger partial charge on any atom is -0.298 e.